The van der Waals surface area contributed by atoms with Crippen LogP contribution in [0, 0.1) is 6.92 Å². The van der Waals surface area contributed by atoms with Crippen molar-refractivity contribution in [2.75, 3.05) is 11.1 Å². The van der Waals surface area contributed by atoms with E-state index in [4.69, 9.17) is 5.73 Å². The highest BCUT2D eigenvalue weighted by Crippen LogP contribution is 2.24. The lowest BCUT2D eigenvalue weighted by molar-refractivity contribution is 1.17. The van der Waals surface area contributed by atoms with Gasteiger partial charge in [-0.2, -0.15) is 0 Å². The van der Waals surface area contributed by atoms with E-state index in [1.807, 2.05) is 37.3 Å². The van der Waals surface area contributed by atoms with Gasteiger partial charge >= 0.3 is 0 Å². The molecule has 0 aliphatic heterocycles. The highest BCUT2D eigenvalue weighted by atomic mass is 15.1. The maximum absolute atomic E-state index is 5.89. The first-order chi connectivity index (χ1) is 10.2. The van der Waals surface area contributed by atoms with Crippen molar-refractivity contribution in [3.8, 4) is 11.1 Å². The molecule has 0 radical (unpaired) electrons. The number of benzene rings is 1. The number of anilines is 3. The molecule has 2 aromatic heterocycles. The fourth-order valence-corrected chi connectivity index (χ4v) is 1.97. The van der Waals surface area contributed by atoms with E-state index in [1.165, 1.54) is 5.56 Å². The van der Waals surface area contributed by atoms with Crippen molar-refractivity contribution in [1.29, 1.82) is 0 Å². The molecule has 0 saturated heterocycles. The second-order valence-electron chi connectivity index (χ2n) is 4.75. The lowest BCUT2D eigenvalue weighted by atomic mass is 10.1. The number of hydrogen-bond acceptors (Lipinski definition) is 5. The van der Waals surface area contributed by atoms with Gasteiger partial charge in [-0.3, -0.25) is 4.98 Å². The van der Waals surface area contributed by atoms with Crippen LogP contribution >= 0.6 is 0 Å². The van der Waals surface area contributed by atoms with Crippen LogP contribution in [0.25, 0.3) is 11.1 Å². The molecule has 0 fully saturated rings. The zero-order valence-corrected chi connectivity index (χ0v) is 11.6. The van der Waals surface area contributed by atoms with Crippen LogP contribution in [-0.4, -0.2) is 15.0 Å². The number of nitrogens with zero attached hydrogens (tertiary/aromatic N) is 3. The Balaban J connectivity index is 1.81. The third-order valence-electron chi connectivity index (χ3n) is 3.12. The monoisotopic (exact) mass is 277 g/mol. The Bertz CT molecular complexity index is 735. The first kappa shape index (κ1) is 13.1. The van der Waals surface area contributed by atoms with Crippen molar-refractivity contribution in [3.05, 3.63) is 60.7 Å². The normalized spacial score (nSPS) is 10.3. The van der Waals surface area contributed by atoms with Gasteiger partial charge in [-0.05, 0) is 25.1 Å². The molecule has 0 atom stereocenters. The molecule has 0 unspecified atom stereocenters. The maximum atomic E-state index is 5.89. The van der Waals surface area contributed by atoms with Gasteiger partial charge < -0.3 is 11.1 Å². The van der Waals surface area contributed by atoms with Crippen molar-refractivity contribution < 1.29 is 0 Å². The van der Waals surface area contributed by atoms with E-state index in [2.05, 4.69) is 20.3 Å². The Morgan fingerprint density at radius 1 is 0.952 bits per heavy atom. The summed E-state index contributed by atoms with van der Waals surface area (Å²) < 4.78 is 0. The summed E-state index contributed by atoms with van der Waals surface area (Å²) in [6, 6.07) is 9.91. The molecule has 0 aliphatic rings. The number of pyridine rings is 1. The van der Waals surface area contributed by atoms with Crippen molar-refractivity contribution in [1.82, 2.24) is 15.0 Å². The zero-order chi connectivity index (χ0) is 14.7. The third kappa shape index (κ3) is 2.97. The molecule has 1 aromatic carbocycles. The largest absolute Gasteiger partial charge is 0.397 e. The van der Waals surface area contributed by atoms with Crippen molar-refractivity contribution in [2.45, 2.75) is 6.92 Å². The minimum absolute atomic E-state index is 0.551. The van der Waals surface area contributed by atoms with Crippen LogP contribution < -0.4 is 11.1 Å². The summed E-state index contributed by atoms with van der Waals surface area (Å²) in [6.07, 6.45) is 6.81. The van der Waals surface area contributed by atoms with Gasteiger partial charge in [-0.15, -0.1) is 0 Å². The van der Waals surface area contributed by atoms with Crippen molar-refractivity contribution in [2.24, 2.45) is 0 Å². The van der Waals surface area contributed by atoms with Crippen LogP contribution in [0.3, 0.4) is 0 Å². The summed E-state index contributed by atoms with van der Waals surface area (Å²) in [5.74, 6) is 0.551. The standard InChI is InChI=1S/C16H15N5/c1-11-2-4-13(5-3-11)21-16-19-8-12(9-20-16)14-6-7-18-10-15(14)17/h2-10H,17H2,1H3,(H,19,20,21). The Morgan fingerprint density at radius 2 is 1.67 bits per heavy atom. The van der Waals surface area contributed by atoms with Crippen molar-refractivity contribution >= 4 is 17.3 Å². The van der Waals surface area contributed by atoms with E-state index in [0.29, 0.717) is 11.6 Å². The van der Waals surface area contributed by atoms with Crippen LogP contribution in [0.5, 0.6) is 0 Å². The van der Waals surface area contributed by atoms with E-state index >= 15 is 0 Å². The molecule has 5 heteroatoms. The maximum Gasteiger partial charge on any atom is 0.227 e. The smallest absolute Gasteiger partial charge is 0.227 e. The van der Waals surface area contributed by atoms with Gasteiger partial charge in [0.2, 0.25) is 5.95 Å². The summed E-state index contributed by atoms with van der Waals surface area (Å²) in [6.45, 7) is 2.05. The first-order valence-electron chi connectivity index (χ1n) is 6.58. The van der Waals surface area contributed by atoms with E-state index in [9.17, 15) is 0 Å². The molecule has 0 aliphatic carbocycles. The number of aromatic nitrogens is 3. The Morgan fingerprint density at radius 3 is 2.33 bits per heavy atom. The lowest BCUT2D eigenvalue weighted by Gasteiger charge is -2.07. The Hall–Kier alpha value is -2.95. The summed E-state index contributed by atoms with van der Waals surface area (Å²) in [5, 5.41) is 3.16. The van der Waals surface area contributed by atoms with Crippen LogP contribution in [0.15, 0.2) is 55.1 Å². The lowest BCUT2D eigenvalue weighted by Crippen LogP contribution is -1.98. The van der Waals surface area contributed by atoms with E-state index in [-0.39, 0.29) is 0 Å². The molecule has 3 rings (SSSR count). The summed E-state index contributed by atoms with van der Waals surface area (Å²) in [4.78, 5) is 12.6. The van der Waals surface area contributed by atoms with Crippen LogP contribution in [0.1, 0.15) is 5.56 Å². The number of aryl methyl sites for hydroxylation is 1. The molecule has 0 amide bonds. The predicted octanol–water partition coefficient (Wildman–Crippen LogP) is 3.17. The average Bonchev–Trinajstić information content (AvgIpc) is 2.51. The molecule has 21 heavy (non-hydrogen) atoms. The molecule has 5 nitrogen and oxygen atoms in total. The number of rotatable bonds is 3. The van der Waals surface area contributed by atoms with Gasteiger partial charge in [-0.25, -0.2) is 9.97 Å². The van der Waals surface area contributed by atoms with Crippen LogP contribution in [0.4, 0.5) is 17.3 Å². The highest BCUT2D eigenvalue weighted by Gasteiger charge is 2.04. The topological polar surface area (TPSA) is 76.7 Å². The van der Waals surface area contributed by atoms with Gasteiger partial charge in [-0.1, -0.05) is 17.7 Å². The zero-order valence-electron chi connectivity index (χ0n) is 11.6. The SMILES string of the molecule is Cc1ccc(Nc2ncc(-c3ccncc3N)cn2)cc1. The molecule has 3 N–H and O–H groups in total. The average molecular weight is 277 g/mol. The second kappa shape index (κ2) is 5.58. The predicted molar refractivity (Wildman–Crippen MR) is 84.1 cm³/mol. The fraction of sp³-hybridized carbons (Fsp3) is 0.0625. The number of nitrogens with one attached hydrogen (secondary N) is 1. The molecular formula is C16H15N5. The molecule has 0 spiro atoms. The minimum atomic E-state index is 0.551. The Labute approximate surface area is 122 Å². The third-order valence-corrected chi connectivity index (χ3v) is 3.12. The van der Waals surface area contributed by atoms with Gasteiger partial charge in [0.15, 0.2) is 0 Å². The van der Waals surface area contributed by atoms with Gasteiger partial charge in [0.1, 0.15) is 0 Å². The van der Waals surface area contributed by atoms with Crippen LogP contribution in [-0.2, 0) is 0 Å². The summed E-state index contributed by atoms with van der Waals surface area (Å²) in [7, 11) is 0. The second-order valence-corrected chi connectivity index (χ2v) is 4.75. The molecule has 2 heterocycles. The molecule has 0 bridgehead atoms. The van der Waals surface area contributed by atoms with Gasteiger partial charge in [0.25, 0.3) is 0 Å². The fourth-order valence-electron chi connectivity index (χ4n) is 1.97. The number of nitrogen functional groups attached to an aromatic ring is 1. The molecular weight excluding hydrogens is 262 g/mol. The van der Waals surface area contributed by atoms with Gasteiger partial charge in [0, 0.05) is 35.4 Å². The van der Waals surface area contributed by atoms with E-state index in [0.717, 1.165) is 16.8 Å². The molecule has 0 saturated carbocycles. The highest BCUT2D eigenvalue weighted by molar-refractivity contribution is 5.74. The van der Waals surface area contributed by atoms with Gasteiger partial charge in [0.05, 0.1) is 11.9 Å². The first-order valence-corrected chi connectivity index (χ1v) is 6.58. The number of nitrogens with two attached hydrogens (primary N) is 1. The number of hydrogen-bond donors (Lipinski definition) is 2. The molecule has 3 aromatic rings. The molecule has 104 valence electrons. The summed E-state index contributed by atoms with van der Waals surface area (Å²) >= 11 is 0. The summed E-state index contributed by atoms with van der Waals surface area (Å²) in [5.41, 5.74) is 10.4. The van der Waals surface area contributed by atoms with Crippen molar-refractivity contribution in [3.63, 3.8) is 0 Å². The van der Waals surface area contributed by atoms with E-state index in [1.54, 1.807) is 24.8 Å². The minimum Gasteiger partial charge on any atom is -0.397 e. The quantitative estimate of drug-likeness (QED) is 0.769. The Kier molecular flexibility index (Phi) is 3.47. The van der Waals surface area contributed by atoms with Crippen LogP contribution in [0.2, 0.25) is 0 Å². The van der Waals surface area contributed by atoms with E-state index < -0.39 is 0 Å².